The molecule has 0 unspecified atom stereocenters. The Morgan fingerprint density at radius 3 is 2.48 bits per heavy atom. The van der Waals surface area contributed by atoms with Crippen LogP contribution < -0.4 is 5.32 Å². The highest BCUT2D eigenvalue weighted by Crippen LogP contribution is 2.25. The summed E-state index contributed by atoms with van der Waals surface area (Å²) in [5, 5.41) is 11.8. The maximum atomic E-state index is 12.8. The zero-order valence-corrected chi connectivity index (χ0v) is 13.3. The topological polar surface area (TPSA) is 63.1 Å². The van der Waals surface area contributed by atoms with Gasteiger partial charge in [-0.15, -0.1) is 5.10 Å². The lowest BCUT2D eigenvalue weighted by molar-refractivity contribution is 0.0744. The van der Waals surface area contributed by atoms with Gasteiger partial charge in [-0.2, -0.15) is 0 Å². The van der Waals surface area contributed by atoms with Crippen LogP contribution in [0.5, 0.6) is 0 Å². The van der Waals surface area contributed by atoms with Crippen LogP contribution in [0, 0.1) is 6.92 Å². The van der Waals surface area contributed by atoms with E-state index in [1.807, 2.05) is 28.6 Å². The molecule has 1 fully saturated rings. The van der Waals surface area contributed by atoms with Crippen LogP contribution in [-0.2, 0) is 13.1 Å². The molecule has 2 aliphatic heterocycles. The van der Waals surface area contributed by atoms with Gasteiger partial charge in [-0.1, -0.05) is 29.5 Å². The SMILES string of the molecule is Cc1c(C(=O)N2Cc3ccccc3C2)nnn1C1CCNCC1. The summed E-state index contributed by atoms with van der Waals surface area (Å²) in [4.78, 5) is 14.7. The zero-order chi connectivity index (χ0) is 15.8. The Hall–Kier alpha value is -2.21. The normalized spacial score (nSPS) is 18.2. The highest BCUT2D eigenvalue weighted by atomic mass is 16.2. The van der Waals surface area contributed by atoms with Crippen molar-refractivity contribution >= 4 is 5.91 Å². The van der Waals surface area contributed by atoms with Gasteiger partial charge in [0.2, 0.25) is 0 Å². The molecule has 1 saturated heterocycles. The summed E-state index contributed by atoms with van der Waals surface area (Å²) in [5.74, 6) is -0.0149. The monoisotopic (exact) mass is 311 g/mol. The Bertz CT molecular complexity index is 707. The first kappa shape index (κ1) is 14.4. The van der Waals surface area contributed by atoms with Crippen molar-refractivity contribution in [2.45, 2.75) is 38.9 Å². The van der Waals surface area contributed by atoms with E-state index in [1.54, 1.807) is 0 Å². The molecule has 0 aliphatic carbocycles. The minimum absolute atomic E-state index is 0.0149. The first-order valence-corrected chi connectivity index (χ1v) is 8.22. The van der Waals surface area contributed by atoms with Crippen molar-refractivity contribution in [2.24, 2.45) is 0 Å². The summed E-state index contributed by atoms with van der Waals surface area (Å²) < 4.78 is 1.94. The first-order valence-electron chi connectivity index (χ1n) is 8.22. The molecule has 23 heavy (non-hydrogen) atoms. The number of fused-ring (bicyclic) bond motifs is 1. The van der Waals surface area contributed by atoms with E-state index in [4.69, 9.17) is 0 Å². The summed E-state index contributed by atoms with van der Waals surface area (Å²) in [6.45, 7) is 5.27. The Balaban J connectivity index is 1.55. The number of hydrogen-bond acceptors (Lipinski definition) is 4. The van der Waals surface area contributed by atoms with Gasteiger partial charge in [0.25, 0.3) is 5.91 Å². The second-order valence-corrected chi connectivity index (χ2v) is 6.38. The number of amides is 1. The third-order valence-corrected chi connectivity index (χ3v) is 4.91. The lowest BCUT2D eigenvalue weighted by Crippen LogP contribution is -2.30. The maximum absolute atomic E-state index is 12.8. The Kier molecular flexibility index (Phi) is 3.61. The molecule has 0 saturated carbocycles. The van der Waals surface area contributed by atoms with E-state index in [1.165, 1.54) is 11.1 Å². The zero-order valence-electron chi connectivity index (χ0n) is 13.3. The molecule has 0 spiro atoms. The fourth-order valence-electron chi connectivity index (χ4n) is 3.56. The molecule has 6 nitrogen and oxygen atoms in total. The van der Waals surface area contributed by atoms with Crippen LogP contribution in [0.1, 0.15) is 46.2 Å². The van der Waals surface area contributed by atoms with E-state index >= 15 is 0 Å². The quantitative estimate of drug-likeness (QED) is 0.916. The molecule has 0 radical (unpaired) electrons. The Morgan fingerprint density at radius 1 is 1.17 bits per heavy atom. The Labute approximate surface area is 135 Å². The molecule has 0 atom stereocenters. The first-order chi connectivity index (χ1) is 11.2. The van der Waals surface area contributed by atoms with Gasteiger partial charge in [-0.25, -0.2) is 4.68 Å². The number of nitrogens with zero attached hydrogens (tertiary/aromatic N) is 4. The van der Waals surface area contributed by atoms with Crippen molar-refractivity contribution in [3.8, 4) is 0 Å². The summed E-state index contributed by atoms with van der Waals surface area (Å²) in [6, 6.07) is 8.56. The fourth-order valence-corrected chi connectivity index (χ4v) is 3.56. The largest absolute Gasteiger partial charge is 0.329 e. The van der Waals surface area contributed by atoms with Crippen LogP contribution in [0.25, 0.3) is 0 Å². The maximum Gasteiger partial charge on any atom is 0.276 e. The molecule has 4 rings (SSSR count). The van der Waals surface area contributed by atoms with Crippen molar-refractivity contribution < 1.29 is 4.79 Å². The molecule has 0 bridgehead atoms. The van der Waals surface area contributed by atoms with E-state index in [0.29, 0.717) is 24.8 Å². The smallest absolute Gasteiger partial charge is 0.276 e. The molecule has 120 valence electrons. The second-order valence-electron chi connectivity index (χ2n) is 6.38. The van der Waals surface area contributed by atoms with Gasteiger partial charge in [-0.3, -0.25) is 4.79 Å². The van der Waals surface area contributed by atoms with Crippen LogP contribution in [0.3, 0.4) is 0 Å². The molecule has 1 amide bonds. The van der Waals surface area contributed by atoms with Gasteiger partial charge in [0.1, 0.15) is 0 Å². The lowest BCUT2D eigenvalue weighted by atomic mass is 10.1. The molecule has 1 aromatic heterocycles. The van der Waals surface area contributed by atoms with Gasteiger partial charge in [0.15, 0.2) is 5.69 Å². The molecule has 1 aromatic carbocycles. The summed E-state index contributed by atoms with van der Waals surface area (Å²) in [6.07, 6.45) is 2.07. The van der Waals surface area contributed by atoms with Crippen LogP contribution >= 0.6 is 0 Å². The molecule has 2 aromatic rings. The number of carbonyl (C=O) groups is 1. The van der Waals surface area contributed by atoms with Crippen LogP contribution in [0.15, 0.2) is 24.3 Å². The third-order valence-electron chi connectivity index (χ3n) is 4.91. The van der Waals surface area contributed by atoms with Crippen molar-refractivity contribution in [2.75, 3.05) is 13.1 Å². The number of nitrogens with one attached hydrogen (secondary N) is 1. The molecular formula is C17H21N5O. The lowest BCUT2D eigenvalue weighted by Gasteiger charge is -2.23. The van der Waals surface area contributed by atoms with Gasteiger partial charge >= 0.3 is 0 Å². The average molecular weight is 311 g/mol. The van der Waals surface area contributed by atoms with E-state index in [0.717, 1.165) is 31.6 Å². The standard InChI is InChI=1S/C17H21N5O/c1-12-16(19-20-22(12)15-6-8-18-9-7-15)17(23)21-10-13-4-2-3-5-14(13)11-21/h2-5,15,18H,6-11H2,1H3. The summed E-state index contributed by atoms with van der Waals surface area (Å²) >= 11 is 0. The van der Waals surface area contributed by atoms with Gasteiger partial charge in [0.05, 0.1) is 11.7 Å². The van der Waals surface area contributed by atoms with Gasteiger partial charge < -0.3 is 10.2 Å². The highest BCUT2D eigenvalue weighted by Gasteiger charge is 2.29. The number of piperidine rings is 1. The van der Waals surface area contributed by atoms with E-state index in [2.05, 4.69) is 27.8 Å². The van der Waals surface area contributed by atoms with E-state index in [9.17, 15) is 4.79 Å². The number of carbonyl (C=O) groups excluding carboxylic acids is 1. The molecule has 2 aliphatic rings. The molecule has 1 N–H and O–H groups in total. The van der Waals surface area contributed by atoms with Crippen LogP contribution in [0.4, 0.5) is 0 Å². The predicted molar refractivity (Wildman–Crippen MR) is 85.9 cm³/mol. The highest BCUT2D eigenvalue weighted by molar-refractivity contribution is 5.93. The second kappa shape index (κ2) is 5.77. The number of benzene rings is 1. The molecule has 3 heterocycles. The van der Waals surface area contributed by atoms with Crippen molar-refractivity contribution in [3.63, 3.8) is 0 Å². The molecular weight excluding hydrogens is 290 g/mol. The Morgan fingerprint density at radius 2 is 1.83 bits per heavy atom. The minimum Gasteiger partial charge on any atom is -0.329 e. The van der Waals surface area contributed by atoms with E-state index in [-0.39, 0.29) is 5.91 Å². The molecule has 6 heteroatoms. The van der Waals surface area contributed by atoms with Crippen LogP contribution in [-0.4, -0.2) is 38.9 Å². The number of rotatable bonds is 2. The third kappa shape index (κ3) is 2.53. The number of aromatic nitrogens is 3. The van der Waals surface area contributed by atoms with E-state index < -0.39 is 0 Å². The van der Waals surface area contributed by atoms with Gasteiger partial charge in [-0.05, 0) is 44.0 Å². The van der Waals surface area contributed by atoms with Crippen LogP contribution in [0.2, 0.25) is 0 Å². The summed E-state index contributed by atoms with van der Waals surface area (Å²) in [5.41, 5.74) is 3.84. The fraction of sp³-hybridized carbons (Fsp3) is 0.471. The predicted octanol–water partition coefficient (Wildman–Crippen LogP) is 1.67. The van der Waals surface area contributed by atoms with Crippen molar-refractivity contribution in [1.29, 1.82) is 0 Å². The summed E-state index contributed by atoms with van der Waals surface area (Å²) in [7, 11) is 0. The number of hydrogen-bond donors (Lipinski definition) is 1. The van der Waals surface area contributed by atoms with Crippen molar-refractivity contribution in [1.82, 2.24) is 25.2 Å². The average Bonchev–Trinajstić information content (AvgIpc) is 3.18. The van der Waals surface area contributed by atoms with Crippen molar-refractivity contribution in [3.05, 3.63) is 46.8 Å². The van der Waals surface area contributed by atoms with Gasteiger partial charge in [0, 0.05) is 13.1 Å². The minimum atomic E-state index is -0.0149.